The van der Waals surface area contributed by atoms with Crippen molar-refractivity contribution >= 4 is 57.9 Å². The smallest absolute Gasteiger partial charge is 0.311 e. The fourth-order valence-electron chi connectivity index (χ4n) is 3.37. The minimum absolute atomic E-state index is 0.0478. The van der Waals surface area contributed by atoms with Crippen LogP contribution in [0.15, 0.2) is 24.3 Å². The summed E-state index contributed by atoms with van der Waals surface area (Å²) in [6, 6.07) is 5.20. The Balaban J connectivity index is 2.42. The van der Waals surface area contributed by atoms with E-state index < -0.39 is 29.3 Å². The molecule has 12 nitrogen and oxygen atoms in total. The van der Waals surface area contributed by atoms with E-state index in [4.69, 9.17) is 14.2 Å². The third-order valence-corrected chi connectivity index (χ3v) is 7.27. The summed E-state index contributed by atoms with van der Waals surface area (Å²) in [5.41, 5.74) is 0.757. The molecule has 0 heterocycles. The third-order valence-electron chi connectivity index (χ3n) is 6.58. The van der Waals surface area contributed by atoms with Gasteiger partial charge in [0.05, 0.1) is 36.3 Å². The second-order valence-electron chi connectivity index (χ2n) is 11.0. The molecule has 2 atom stereocenters. The average molecular weight is 719 g/mol. The van der Waals surface area contributed by atoms with Gasteiger partial charge in [0.25, 0.3) is 0 Å². The van der Waals surface area contributed by atoms with Gasteiger partial charge in [-0.2, -0.15) is 0 Å². The van der Waals surface area contributed by atoms with Gasteiger partial charge < -0.3 is 35.5 Å². The van der Waals surface area contributed by atoms with Crippen LogP contribution in [0.3, 0.4) is 0 Å². The Morgan fingerprint density at radius 1 is 0.860 bits per heavy atom. The van der Waals surface area contributed by atoms with Crippen molar-refractivity contribution in [3.05, 3.63) is 29.8 Å². The zero-order valence-electron chi connectivity index (χ0n) is 26.0. The van der Waals surface area contributed by atoms with Crippen LogP contribution >= 0.6 is 22.6 Å². The molecule has 242 valence electrons. The molecule has 0 radical (unpaired) electrons. The first-order valence-electron chi connectivity index (χ1n) is 14.5. The number of hydrogen-bond acceptors (Lipinski definition) is 8. The number of nitrogens with one attached hydrogen (secondary N) is 4. The van der Waals surface area contributed by atoms with Crippen molar-refractivity contribution in [3.63, 3.8) is 0 Å². The Hall–Kier alpha value is -2.78. The highest BCUT2D eigenvalue weighted by Gasteiger charge is 2.28. The maximum absolute atomic E-state index is 12.9. The number of esters is 1. The maximum Gasteiger partial charge on any atom is 0.311 e. The van der Waals surface area contributed by atoms with Crippen LogP contribution in [0.4, 0.5) is 5.69 Å². The van der Waals surface area contributed by atoms with Crippen molar-refractivity contribution in [3.8, 4) is 0 Å². The lowest BCUT2D eigenvalue weighted by molar-refractivity contribution is -0.155. The summed E-state index contributed by atoms with van der Waals surface area (Å²) >= 11 is 1.98. The van der Waals surface area contributed by atoms with E-state index in [2.05, 4.69) is 21.3 Å². The van der Waals surface area contributed by atoms with E-state index in [0.717, 1.165) is 5.56 Å². The molecule has 0 saturated carbocycles. The highest BCUT2D eigenvalue weighted by molar-refractivity contribution is 14.1. The number of carbonyl (C=O) groups excluding carboxylic acids is 5. The van der Waals surface area contributed by atoms with E-state index in [1.807, 2.05) is 43.4 Å². The molecule has 43 heavy (non-hydrogen) atoms. The molecule has 0 bridgehead atoms. The Kier molecular flexibility index (Phi) is 18.0. The standard InChI is InChI=1S/C30H47IN4O8/c1-7-30(5,6)29(40)43-19-22-8-10-23(11-9-22)34-27(38)21(4)33-28(39)26(20(2)3)35-24(36)12-14-41-16-17-42-15-13-32-25(37)18-31/h8-11,20-21,26H,7,12-19H2,1-6H3,(H,32,37)(H,33,39)(H,34,38)(H,35,36)/t21-,26-/m0/s1. The molecule has 0 aliphatic carbocycles. The van der Waals surface area contributed by atoms with Crippen molar-refractivity contribution in [2.45, 2.75) is 73.1 Å². The highest BCUT2D eigenvalue weighted by Crippen LogP contribution is 2.22. The fourth-order valence-corrected chi connectivity index (χ4v) is 3.64. The lowest BCUT2D eigenvalue weighted by Crippen LogP contribution is -2.53. The summed E-state index contributed by atoms with van der Waals surface area (Å²) < 4.78 is 16.5. The number of halogens is 1. The largest absolute Gasteiger partial charge is 0.460 e. The monoisotopic (exact) mass is 718 g/mol. The molecule has 0 unspecified atom stereocenters. The summed E-state index contributed by atoms with van der Waals surface area (Å²) in [6.07, 6.45) is 0.731. The number of rotatable bonds is 20. The van der Waals surface area contributed by atoms with Crippen LogP contribution in [0.1, 0.15) is 59.9 Å². The Morgan fingerprint density at radius 2 is 1.49 bits per heavy atom. The van der Waals surface area contributed by atoms with Crippen LogP contribution in [-0.4, -0.2) is 79.1 Å². The maximum atomic E-state index is 12.9. The Bertz CT molecular complexity index is 1050. The molecule has 1 aromatic rings. The first kappa shape index (κ1) is 38.2. The van der Waals surface area contributed by atoms with E-state index in [-0.39, 0.29) is 43.3 Å². The molecule has 0 aliphatic heterocycles. The van der Waals surface area contributed by atoms with Gasteiger partial charge in [0.2, 0.25) is 23.6 Å². The molecule has 1 rings (SSSR count). The molecule has 0 spiro atoms. The van der Waals surface area contributed by atoms with Crippen LogP contribution in [-0.2, 0) is 44.8 Å². The van der Waals surface area contributed by atoms with E-state index in [1.54, 1.807) is 45.0 Å². The van der Waals surface area contributed by atoms with Crippen molar-refractivity contribution in [2.24, 2.45) is 11.3 Å². The van der Waals surface area contributed by atoms with Gasteiger partial charge in [-0.25, -0.2) is 0 Å². The second kappa shape index (κ2) is 20.2. The summed E-state index contributed by atoms with van der Waals surface area (Å²) in [7, 11) is 0. The SMILES string of the molecule is CCC(C)(C)C(=O)OCc1ccc(NC(=O)[C@H](C)NC(=O)[C@@H](NC(=O)CCOCCOCCNC(=O)CI)C(C)C)cc1. The summed E-state index contributed by atoms with van der Waals surface area (Å²) in [5.74, 6) is -1.78. The zero-order chi connectivity index (χ0) is 32.4. The summed E-state index contributed by atoms with van der Waals surface area (Å²) in [6.45, 7) is 12.5. The minimum Gasteiger partial charge on any atom is -0.460 e. The van der Waals surface area contributed by atoms with Crippen LogP contribution in [0.5, 0.6) is 0 Å². The van der Waals surface area contributed by atoms with Gasteiger partial charge in [-0.1, -0.05) is 55.5 Å². The van der Waals surface area contributed by atoms with Crippen LogP contribution in [0, 0.1) is 11.3 Å². The average Bonchev–Trinajstić information content (AvgIpc) is 2.97. The molecule has 1 aromatic carbocycles. The summed E-state index contributed by atoms with van der Waals surface area (Å²) in [4.78, 5) is 61.3. The van der Waals surface area contributed by atoms with E-state index in [1.165, 1.54) is 0 Å². The van der Waals surface area contributed by atoms with Crippen molar-refractivity contribution in [2.75, 3.05) is 42.7 Å². The van der Waals surface area contributed by atoms with Gasteiger partial charge in [-0.3, -0.25) is 24.0 Å². The third kappa shape index (κ3) is 15.5. The summed E-state index contributed by atoms with van der Waals surface area (Å²) in [5, 5.41) is 10.8. The topological polar surface area (TPSA) is 161 Å². The lowest BCUT2D eigenvalue weighted by atomic mass is 9.91. The van der Waals surface area contributed by atoms with Gasteiger partial charge in [0, 0.05) is 18.7 Å². The predicted octanol–water partition coefficient (Wildman–Crippen LogP) is 2.72. The van der Waals surface area contributed by atoms with Gasteiger partial charge in [0.1, 0.15) is 18.7 Å². The van der Waals surface area contributed by atoms with E-state index in [9.17, 15) is 24.0 Å². The van der Waals surface area contributed by atoms with Crippen molar-refractivity contribution < 1.29 is 38.2 Å². The number of anilines is 1. The van der Waals surface area contributed by atoms with Gasteiger partial charge >= 0.3 is 5.97 Å². The molecular weight excluding hydrogens is 671 g/mol. The van der Waals surface area contributed by atoms with Crippen LogP contribution in [0.25, 0.3) is 0 Å². The zero-order valence-corrected chi connectivity index (χ0v) is 28.2. The van der Waals surface area contributed by atoms with Crippen LogP contribution in [0.2, 0.25) is 0 Å². The predicted molar refractivity (Wildman–Crippen MR) is 171 cm³/mol. The van der Waals surface area contributed by atoms with Gasteiger partial charge in [-0.15, -0.1) is 0 Å². The normalized spacial score (nSPS) is 12.7. The van der Waals surface area contributed by atoms with E-state index >= 15 is 0 Å². The molecular formula is C30H47IN4O8. The Labute approximate surface area is 268 Å². The molecule has 4 amide bonds. The van der Waals surface area contributed by atoms with Crippen molar-refractivity contribution in [1.29, 1.82) is 0 Å². The van der Waals surface area contributed by atoms with Gasteiger partial charge in [0.15, 0.2) is 0 Å². The number of benzene rings is 1. The second-order valence-corrected chi connectivity index (χ2v) is 11.7. The molecule has 4 N–H and O–H groups in total. The van der Waals surface area contributed by atoms with E-state index in [0.29, 0.717) is 42.9 Å². The number of amides is 4. The van der Waals surface area contributed by atoms with Crippen molar-refractivity contribution in [1.82, 2.24) is 16.0 Å². The number of alkyl halides is 1. The highest BCUT2D eigenvalue weighted by atomic mass is 127. The lowest BCUT2D eigenvalue weighted by Gasteiger charge is -2.24. The number of hydrogen-bond donors (Lipinski definition) is 4. The number of carbonyl (C=O) groups is 5. The first-order chi connectivity index (χ1) is 20.3. The molecule has 0 aromatic heterocycles. The molecule has 0 aliphatic rings. The molecule has 0 fully saturated rings. The molecule has 0 saturated heterocycles. The van der Waals surface area contributed by atoms with Gasteiger partial charge in [-0.05, 0) is 50.8 Å². The number of ether oxygens (including phenoxy) is 3. The quantitative estimate of drug-likeness (QED) is 0.0693. The minimum atomic E-state index is -0.860. The van der Waals surface area contributed by atoms with Crippen LogP contribution < -0.4 is 21.3 Å². The fraction of sp³-hybridized carbons (Fsp3) is 0.633. The Morgan fingerprint density at radius 3 is 2.07 bits per heavy atom. The molecule has 13 heteroatoms. The first-order valence-corrected chi connectivity index (χ1v) is 16.0.